The molecule has 0 aromatic heterocycles. The highest BCUT2D eigenvalue weighted by Gasteiger charge is 2.20. The van der Waals surface area contributed by atoms with E-state index in [1.54, 1.807) is 7.11 Å². The minimum atomic E-state index is 0.0269. The normalized spacial score (nSPS) is 16.3. The number of anilines is 1. The fourth-order valence-corrected chi connectivity index (χ4v) is 3.01. The summed E-state index contributed by atoms with van der Waals surface area (Å²) in [5, 5.41) is 6.39. The number of aryl methyl sites for hydroxylation is 1. The molecule has 1 aromatic rings. The van der Waals surface area contributed by atoms with E-state index in [1.165, 1.54) is 0 Å². The molecule has 0 bridgehead atoms. The molecule has 0 radical (unpaired) electrons. The summed E-state index contributed by atoms with van der Waals surface area (Å²) in [5.74, 6) is 1.47. The van der Waals surface area contributed by atoms with Crippen molar-refractivity contribution in [2.75, 3.05) is 45.2 Å². The van der Waals surface area contributed by atoms with E-state index in [4.69, 9.17) is 4.74 Å². The van der Waals surface area contributed by atoms with Crippen LogP contribution in [0.5, 0.6) is 5.75 Å². The summed E-state index contributed by atoms with van der Waals surface area (Å²) < 4.78 is 5.31. The second-order valence-electron chi connectivity index (χ2n) is 6.28. The molecule has 1 heterocycles. The van der Waals surface area contributed by atoms with Gasteiger partial charge in [0.1, 0.15) is 5.75 Å². The molecule has 0 unspecified atom stereocenters. The highest BCUT2D eigenvalue weighted by Crippen LogP contribution is 2.25. The van der Waals surface area contributed by atoms with Gasteiger partial charge < -0.3 is 15.4 Å². The molecule has 128 valence electrons. The number of methoxy groups -OCH3 is 1. The summed E-state index contributed by atoms with van der Waals surface area (Å²) in [6, 6.07) is 5.81. The first-order valence-electron chi connectivity index (χ1n) is 8.50. The van der Waals surface area contributed by atoms with E-state index in [0.717, 1.165) is 56.2 Å². The van der Waals surface area contributed by atoms with Crippen LogP contribution in [0.4, 0.5) is 5.69 Å². The highest BCUT2D eigenvalue weighted by molar-refractivity contribution is 5.93. The lowest BCUT2D eigenvalue weighted by molar-refractivity contribution is -0.117. The van der Waals surface area contributed by atoms with Crippen LogP contribution in [0.15, 0.2) is 18.2 Å². The Labute approximate surface area is 139 Å². The zero-order valence-electron chi connectivity index (χ0n) is 14.5. The van der Waals surface area contributed by atoms with Crippen LogP contribution in [-0.2, 0) is 4.79 Å². The number of carbonyl (C=O) groups excluding carboxylic acids is 1. The van der Waals surface area contributed by atoms with Gasteiger partial charge in [0.15, 0.2) is 0 Å². The quantitative estimate of drug-likeness (QED) is 0.809. The molecule has 1 aliphatic rings. The molecule has 1 aromatic carbocycles. The molecule has 1 saturated heterocycles. The van der Waals surface area contributed by atoms with E-state index >= 15 is 0 Å². The van der Waals surface area contributed by atoms with E-state index < -0.39 is 0 Å². The summed E-state index contributed by atoms with van der Waals surface area (Å²) in [5.41, 5.74) is 1.85. The van der Waals surface area contributed by atoms with Gasteiger partial charge in [-0.15, -0.1) is 0 Å². The maximum Gasteiger partial charge on any atom is 0.238 e. The van der Waals surface area contributed by atoms with Gasteiger partial charge in [0.05, 0.1) is 19.3 Å². The van der Waals surface area contributed by atoms with Crippen LogP contribution in [0.25, 0.3) is 0 Å². The molecule has 5 nitrogen and oxygen atoms in total. The predicted octanol–water partition coefficient (Wildman–Crippen LogP) is 2.26. The number of likely N-dealkylation sites (tertiary alicyclic amines) is 1. The van der Waals surface area contributed by atoms with Crippen LogP contribution >= 0.6 is 0 Å². The number of benzene rings is 1. The standard InChI is InChI=1S/C18H29N3O2/c1-4-19-12-15-7-9-21(10-8-15)13-18(22)20-16-11-14(2)5-6-17(16)23-3/h5-6,11,15,19H,4,7-10,12-13H2,1-3H3,(H,20,22). The predicted molar refractivity (Wildman–Crippen MR) is 94.1 cm³/mol. The van der Waals surface area contributed by atoms with Crippen molar-refractivity contribution in [2.45, 2.75) is 26.7 Å². The molecule has 2 rings (SSSR count). The number of amides is 1. The van der Waals surface area contributed by atoms with Crippen molar-refractivity contribution in [1.82, 2.24) is 10.2 Å². The fourth-order valence-electron chi connectivity index (χ4n) is 3.01. The van der Waals surface area contributed by atoms with Crippen LogP contribution in [0, 0.1) is 12.8 Å². The second-order valence-corrected chi connectivity index (χ2v) is 6.28. The molecule has 23 heavy (non-hydrogen) atoms. The zero-order chi connectivity index (χ0) is 16.7. The molecule has 1 aliphatic heterocycles. The Hall–Kier alpha value is -1.59. The zero-order valence-corrected chi connectivity index (χ0v) is 14.5. The van der Waals surface area contributed by atoms with Gasteiger partial charge in [0, 0.05) is 0 Å². The molecule has 2 N–H and O–H groups in total. The number of hydrogen-bond acceptors (Lipinski definition) is 4. The van der Waals surface area contributed by atoms with E-state index in [0.29, 0.717) is 12.3 Å². The van der Waals surface area contributed by atoms with E-state index in [9.17, 15) is 4.79 Å². The molecule has 0 aliphatic carbocycles. The van der Waals surface area contributed by atoms with Gasteiger partial charge in [-0.25, -0.2) is 0 Å². The third-order valence-corrected chi connectivity index (χ3v) is 4.39. The third-order valence-electron chi connectivity index (χ3n) is 4.39. The van der Waals surface area contributed by atoms with Crippen molar-refractivity contribution in [1.29, 1.82) is 0 Å². The second kappa shape index (κ2) is 8.89. The Morgan fingerprint density at radius 2 is 2.09 bits per heavy atom. The average molecular weight is 319 g/mol. The molecule has 1 amide bonds. The summed E-state index contributed by atoms with van der Waals surface area (Å²) in [6.45, 7) is 8.70. The third kappa shape index (κ3) is 5.52. The van der Waals surface area contributed by atoms with Crippen LogP contribution in [0.1, 0.15) is 25.3 Å². The van der Waals surface area contributed by atoms with E-state index in [1.807, 2.05) is 25.1 Å². The van der Waals surface area contributed by atoms with Gasteiger partial charge in [0.25, 0.3) is 0 Å². The Balaban J connectivity index is 1.81. The van der Waals surface area contributed by atoms with Crippen LogP contribution in [0.3, 0.4) is 0 Å². The molecule has 0 saturated carbocycles. The van der Waals surface area contributed by atoms with E-state index in [-0.39, 0.29) is 5.91 Å². The van der Waals surface area contributed by atoms with Crippen molar-refractivity contribution in [3.05, 3.63) is 23.8 Å². The van der Waals surface area contributed by atoms with Gasteiger partial charge in [0.2, 0.25) is 5.91 Å². The maximum atomic E-state index is 12.3. The number of hydrogen-bond donors (Lipinski definition) is 2. The molecular weight excluding hydrogens is 290 g/mol. The van der Waals surface area contributed by atoms with Gasteiger partial charge in [-0.1, -0.05) is 13.0 Å². The lowest BCUT2D eigenvalue weighted by Gasteiger charge is -2.31. The lowest BCUT2D eigenvalue weighted by atomic mass is 9.97. The smallest absolute Gasteiger partial charge is 0.238 e. The lowest BCUT2D eigenvalue weighted by Crippen LogP contribution is -2.41. The van der Waals surface area contributed by atoms with E-state index in [2.05, 4.69) is 22.5 Å². The summed E-state index contributed by atoms with van der Waals surface area (Å²) in [6.07, 6.45) is 2.32. The monoisotopic (exact) mass is 319 g/mol. The maximum absolute atomic E-state index is 12.3. The number of nitrogens with one attached hydrogen (secondary N) is 2. The summed E-state index contributed by atoms with van der Waals surface area (Å²) in [4.78, 5) is 14.5. The first-order valence-corrected chi connectivity index (χ1v) is 8.50. The minimum absolute atomic E-state index is 0.0269. The van der Waals surface area contributed by atoms with Gasteiger partial charge in [-0.3, -0.25) is 9.69 Å². The van der Waals surface area contributed by atoms with Crippen molar-refractivity contribution >= 4 is 11.6 Å². The highest BCUT2D eigenvalue weighted by atomic mass is 16.5. The van der Waals surface area contributed by atoms with Crippen LogP contribution < -0.4 is 15.4 Å². The topological polar surface area (TPSA) is 53.6 Å². The van der Waals surface area contributed by atoms with Crippen molar-refractivity contribution in [3.8, 4) is 5.75 Å². The Morgan fingerprint density at radius 3 is 2.74 bits per heavy atom. The van der Waals surface area contributed by atoms with Crippen molar-refractivity contribution < 1.29 is 9.53 Å². The summed E-state index contributed by atoms with van der Waals surface area (Å²) in [7, 11) is 1.62. The first kappa shape index (κ1) is 17.8. The number of piperidine rings is 1. The Morgan fingerprint density at radius 1 is 1.35 bits per heavy atom. The molecule has 0 spiro atoms. The SMILES string of the molecule is CCNCC1CCN(CC(=O)Nc2cc(C)ccc2OC)CC1. The Kier molecular flexibility index (Phi) is 6.86. The Bertz CT molecular complexity index is 511. The molecule has 1 fully saturated rings. The van der Waals surface area contributed by atoms with Gasteiger partial charge in [-0.05, 0) is 69.6 Å². The fraction of sp³-hybridized carbons (Fsp3) is 0.611. The van der Waals surface area contributed by atoms with Crippen LogP contribution in [0.2, 0.25) is 0 Å². The molecule has 5 heteroatoms. The number of carbonyl (C=O) groups is 1. The average Bonchev–Trinajstić information content (AvgIpc) is 2.54. The summed E-state index contributed by atoms with van der Waals surface area (Å²) >= 11 is 0. The minimum Gasteiger partial charge on any atom is -0.495 e. The number of nitrogens with zero attached hydrogens (tertiary/aromatic N) is 1. The number of rotatable bonds is 7. The largest absolute Gasteiger partial charge is 0.495 e. The number of ether oxygens (including phenoxy) is 1. The van der Waals surface area contributed by atoms with Gasteiger partial charge >= 0.3 is 0 Å². The van der Waals surface area contributed by atoms with Crippen molar-refractivity contribution in [3.63, 3.8) is 0 Å². The van der Waals surface area contributed by atoms with Gasteiger partial charge in [-0.2, -0.15) is 0 Å². The van der Waals surface area contributed by atoms with Crippen molar-refractivity contribution in [2.24, 2.45) is 5.92 Å². The van der Waals surface area contributed by atoms with Crippen LogP contribution in [-0.4, -0.2) is 50.6 Å². The molecular formula is C18H29N3O2. The molecule has 0 atom stereocenters. The first-order chi connectivity index (χ1) is 11.1.